The Hall–Kier alpha value is -3.61. The number of rotatable bonds is 3. The minimum atomic E-state index is -0.413. The Bertz CT molecular complexity index is 1360. The molecule has 158 valence electrons. The maximum Gasteiger partial charge on any atom is 0.275 e. The van der Waals surface area contributed by atoms with E-state index in [1.54, 1.807) is 28.8 Å². The number of aromatic nitrogens is 2. The van der Waals surface area contributed by atoms with Gasteiger partial charge in [-0.1, -0.05) is 12.7 Å². The van der Waals surface area contributed by atoms with Crippen LogP contribution in [0.1, 0.15) is 12.8 Å². The van der Waals surface area contributed by atoms with Crippen molar-refractivity contribution in [2.45, 2.75) is 19.4 Å². The molecule has 0 radical (unpaired) electrons. The van der Waals surface area contributed by atoms with Gasteiger partial charge in [0.25, 0.3) is 5.56 Å². The van der Waals surface area contributed by atoms with Gasteiger partial charge in [-0.05, 0) is 42.0 Å². The van der Waals surface area contributed by atoms with E-state index in [1.165, 1.54) is 22.4 Å². The molecule has 0 unspecified atom stereocenters. The third-order valence-corrected chi connectivity index (χ3v) is 6.27. The van der Waals surface area contributed by atoms with Gasteiger partial charge >= 0.3 is 0 Å². The molecular weight excluding hydrogens is 395 g/mol. The lowest BCUT2D eigenvalue weighted by Crippen LogP contribution is -2.40. The quantitative estimate of drug-likeness (QED) is 0.656. The second-order valence-corrected chi connectivity index (χ2v) is 8.02. The lowest BCUT2D eigenvalue weighted by molar-refractivity contribution is -0.131. The van der Waals surface area contributed by atoms with Gasteiger partial charge in [0.1, 0.15) is 11.3 Å². The molecule has 2 aliphatic heterocycles. The van der Waals surface area contributed by atoms with Crippen LogP contribution in [0.4, 0.5) is 4.39 Å². The van der Waals surface area contributed by atoms with E-state index in [-0.39, 0.29) is 24.4 Å². The predicted octanol–water partition coefficient (Wildman–Crippen LogP) is 3.29. The first-order valence-electron chi connectivity index (χ1n) is 10.3. The fraction of sp³-hybridized carbons (Fsp3) is 0.250. The first kappa shape index (κ1) is 19.4. The second-order valence-electron chi connectivity index (χ2n) is 8.02. The molecule has 0 fully saturated rings. The molecular formula is C24H23FN4O2. The van der Waals surface area contributed by atoms with Crippen LogP contribution in [0.25, 0.3) is 16.6 Å². The lowest BCUT2D eigenvalue weighted by Gasteiger charge is -2.36. The smallest absolute Gasteiger partial charge is 0.275 e. The van der Waals surface area contributed by atoms with Gasteiger partial charge in [0.2, 0.25) is 5.91 Å². The van der Waals surface area contributed by atoms with Crippen molar-refractivity contribution in [3.8, 4) is 0 Å². The van der Waals surface area contributed by atoms with E-state index >= 15 is 0 Å². The summed E-state index contributed by atoms with van der Waals surface area (Å²) in [6.07, 6.45) is 6.72. The third kappa shape index (κ3) is 3.17. The fourth-order valence-corrected chi connectivity index (χ4v) is 4.52. The number of hydrogen-bond donors (Lipinski definition) is 0. The Morgan fingerprint density at radius 2 is 2.00 bits per heavy atom. The number of halogens is 1. The molecule has 5 rings (SSSR count). The summed E-state index contributed by atoms with van der Waals surface area (Å²) in [5.74, 6) is -0.428. The summed E-state index contributed by atoms with van der Waals surface area (Å²) in [6.45, 7) is 5.40. The number of aryl methyl sites for hydroxylation is 1. The molecule has 0 saturated carbocycles. The summed E-state index contributed by atoms with van der Waals surface area (Å²) in [5, 5.41) is 0. The van der Waals surface area contributed by atoms with Gasteiger partial charge in [0.05, 0.1) is 11.0 Å². The van der Waals surface area contributed by atoms with E-state index in [4.69, 9.17) is 0 Å². The maximum absolute atomic E-state index is 14.0. The Morgan fingerprint density at radius 3 is 2.84 bits per heavy atom. The summed E-state index contributed by atoms with van der Waals surface area (Å²) in [5.41, 5.74) is 4.77. The number of carbonyl (C=O) groups excluding carboxylic acids is 1. The van der Waals surface area contributed by atoms with Crippen molar-refractivity contribution in [1.82, 2.24) is 18.8 Å². The van der Waals surface area contributed by atoms with E-state index in [1.807, 2.05) is 24.1 Å². The van der Waals surface area contributed by atoms with Gasteiger partial charge in [-0.25, -0.2) is 4.39 Å². The topological polar surface area (TPSA) is 50.0 Å². The predicted molar refractivity (Wildman–Crippen MR) is 118 cm³/mol. The van der Waals surface area contributed by atoms with Gasteiger partial charge in [0, 0.05) is 57.1 Å². The van der Waals surface area contributed by atoms with E-state index in [0.717, 1.165) is 23.2 Å². The van der Waals surface area contributed by atoms with Crippen LogP contribution in [0.2, 0.25) is 0 Å². The number of amides is 1. The van der Waals surface area contributed by atoms with Crippen molar-refractivity contribution in [3.05, 3.63) is 88.4 Å². The van der Waals surface area contributed by atoms with E-state index in [0.29, 0.717) is 24.1 Å². The standard InChI is InChI=1S/C24H23FN4O2/c1-16-5-6-17-15-27(12-9-19(17)26(16)2)23(30)10-13-29-22-14-18(25)7-8-20(22)28-11-3-4-21(28)24(29)31/h3-8,11,14H,1,9-10,12-13,15H2,2H3. The van der Waals surface area contributed by atoms with Gasteiger partial charge in [-0.15, -0.1) is 0 Å². The number of hydrogen-bond acceptors (Lipinski definition) is 3. The maximum atomic E-state index is 14.0. The average Bonchev–Trinajstić information content (AvgIpc) is 3.26. The van der Waals surface area contributed by atoms with Crippen LogP contribution in [0.15, 0.2) is 77.0 Å². The minimum absolute atomic E-state index is 0.0151. The summed E-state index contributed by atoms with van der Waals surface area (Å²) in [6, 6.07) is 7.92. The molecule has 0 bridgehead atoms. The number of allylic oxidation sites excluding steroid dienone is 1. The zero-order valence-electron chi connectivity index (χ0n) is 17.3. The van der Waals surface area contributed by atoms with Crippen LogP contribution < -0.4 is 5.56 Å². The molecule has 0 saturated heterocycles. The van der Waals surface area contributed by atoms with Crippen LogP contribution in [0.5, 0.6) is 0 Å². The molecule has 2 aromatic heterocycles. The summed E-state index contributed by atoms with van der Waals surface area (Å²) < 4.78 is 17.2. The Morgan fingerprint density at radius 1 is 1.16 bits per heavy atom. The van der Waals surface area contributed by atoms with Crippen molar-refractivity contribution in [2.75, 3.05) is 20.1 Å². The molecule has 0 aliphatic carbocycles. The van der Waals surface area contributed by atoms with E-state index < -0.39 is 5.82 Å². The Balaban J connectivity index is 1.41. The molecule has 4 heterocycles. The molecule has 6 nitrogen and oxygen atoms in total. The number of fused-ring (bicyclic) bond motifs is 3. The normalized spacial score (nSPS) is 16.5. The highest BCUT2D eigenvalue weighted by Crippen LogP contribution is 2.28. The van der Waals surface area contributed by atoms with Crippen LogP contribution in [0, 0.1) is 5.82 Å². The minimum Gasteiger partial charge on any atom is -0.348 e. The van der Waals surface area contributed by atoms with Crippen LogP contribution in [-0.4, -0.2) is 44.8 Å². The molecule has 31 heavy (non-hydrogen) atoms. The van der Waals surface area contributed by atoms with Crippen molar-refractivity contribution in [2.24, 2.45) is 0 Å². The van der Waals surface area contributed by atoms with Crippen molar-refractivity contribution in [1.29, 1.82) is 0 Å². The Labute approximate surface area is 178 Å². The van der Waals surface area contributed by atoms with Crippen LogP contribution in [0.3, 0.4) is 0 Å². The highest BCUT2D eigenvalue weighted by Gasteiger charge is 2.26. The molecule has 0 N–H and O–H groups in total. The SMILES string of the molecule is C=C1C=CC2=C(CCN(C(=O)CCn3c(=O)c4cccn4c4ccc(F)cc43)C2)N1C. The number of benzene rings is 1. The summed E-state index contributed by atoms with van der Waals surface area (Å²) >= 11 is 0. The van der Waals surface area contributed by atoms with Crippen LogP contribution >= 0.6 is 0 Å². The second kappa shape index (κ2) is 7.27. The molecule has 2 aliphatic rings. The van der Waals surface area contributed by atoms with Gasteiger partial charge < -0.3 is 18.8 Å². The first-order valence-corrected chi connectivity index (χ1v) is 10.3. The number of carbonyl (C=O) groups is 1. The molecule has 3 aromatic rings. The highest BCUT2D eigenvalue weighted by molar-refractivity contribution is 5.80. The van der Waals surface area contributed by atoms with E-state index in [9.17, 15) is 14.0 Å². The average molecular weight is 418 g/mol. The van der Waals surface area contributed by atoms with Crippen molar-refractivity contribution in [3.63, 3.8) is 0 Å². The number of nitrogens with zero attached hydrogens (tertiary/aromatic N) is 4. The molecule has 0 atom stereocenters. The zero-order chi connectivity index (χ0) is 21.7. The fourth-order valence-electron chi connectivity index (χ4n) is 4.52. The molecule has 1 amide bonds. The summed E-state index contributed by atoms with van der Waals surface area (Å²) in [4.78, 5) is 29.9. The first-order chi connectivity index (χ1) is 14.9. The number of likely N-dealkylation sites (N-methyl/N-ethyl adjacent to an activating group) is 1. The molecule has 7 heteroatoms. The van der Waals surface area contributed by atoms with Crippen molar-refractivity contribution >= 4 is 22.5 Å². The van der Waals surface area contributed by atoms with Gasteiger partial charge in [-0.3, -0.25) is 9.59 Å². The molecule has 0 spiro atoms. The van der Waals surface area contributed by atoms with E-state index in [2.05, 4.69) is 11.5 Å². The Kier molecular flexibility index (Phi) is 4.54. The zero-order valence-corrected chi connectivity index (χ0v) is 17.3. The van der Waals surface area contributed by atoms with Crippen molar-refractivity contribution < 1.29 is 9.18 Å². The monoisotopic (exact) mass is 418 g/mol. The van der Waals surface area contributed by atoms with Crippen LogP contribution in [-0.2, 0) is 11.3 Å². The molecule has 1 aromatic carbocycles. The highest BCUT2D eigenvalue weighted by atomic mass is 19.1. The van der Waals surface area contributed by atoms with Gasteiger partial charge in [-0.2, -0.15) is 0 Å². The third-order valence-electron chi connectivity index (χ3n) is 6.27. The summed E-state index contributed by atoms with van der Waals surface area (Å²) in [7, 11) is 1.99. The lowest BCUT2D eigenvalue weighted by atomic mass is 10.0. The largest absolute Gasteiger partial charge is 0.348 e. The van der Waals surface area contributed by atoms with Gasteiger partial charge in [0.15, 0.2) is 0 Å².